The molecule has 1 N–H and O–H groups in total. The molecule has 0 spiro atoms. The van der Waals surface area contributed by atoms with Crippen LogP contribution in [0.15, 0.2) is 22.7 Å². The van der Waals surface area contributed by atoms with Crippen LogP contribution in [0.1, 0.15) is 57.4 Å². The highest BCUT2D eigenvalue weighted by molar-refractivity contribution is 9.10. The van der Waals surface area contributed by atoms with Crippen molar-refractivity contribution in [2.24, 2.45) is 0 Å². The Balaban J connectivity index is 2.23. The van der Waals surface area contributed by atoms with Crippen molar-refractivity contribution in [2.75, 3.05) is 0 Å². The van der Waals surface area contributed by atoms with E-state index in [9.17, 15) is 9.50 Å². The topological polar surface area (TPSA) is 20.2 Å². The monoisotopic (exact) mass is 330 g/mol. The van der Waals surface area contributed by atoms with E-state index in [1.54, 1.807) is 12.1 Å². The Morgan fingerprint density at radius 3 is 2.58 bits per heavy atom. The Hall–Kier alpha value is -0.410. The number of rotatable bonds is 9. The fourth-order valence-corrected chi connectivity index (χ4v) is 2.62. The van der Waals surface area contributed by atoms with Gasteiger partial charge in [-0.1, -0.05) is 61.4 Å². The Morgan fingerprint density at radius 1 is 1.16 bits per heavy atom. The van der Waals surface area contributed by atoms with Gasteiger partial charge in [-0.2, -0.15) is 0 Å². The first kappa shape index (κ1) is 16.6. The lowest BCUT2D eigenvalue weighted by Gasteiger charge is -2.11. The quantitative estimate of drug-likeness (QED) is 0.613. The highest BCUT2D eigenvalue weighted by atomic mass is 79.9. The fourth-order valence-electron chi connectivity index (χ4n) is 2.22. The van der Waals surface area contributed by atoms with Crippen molar-refractivity contribution in [2.45, 2.75) is 64.4 Å². The van der Waals surface area contributed by atoms with Crippen molar-refractivity contribution in [3.05, 3.63) is 34.1 Å². The third-order valence-corrected chi connectivity index (χ3v) is 3.85. The van der Waals surface area contributed by atoms with Crippen LogP contribution in [-0.2, 0) is 6.42 Å². The molecule has 0 saturated heterocycles. The van der Waals surface area contributed by atoms with Gasteiger partial charge in [-0.25, -0.2) is 4.39 Å². The number of hydrogen-bond acceptors (Lipinski definition) is 1. The second-order valence-corrected chi connectivity index (χ2v) is 6.07. The van der Waals surface area contributed by atoms with Crippen molar-refractivity contribution in [3.8, 4) is 0 Å². The SMILES string of the molecule is CCCCCCCCC(O)Cc1cc(Br)ccc1F. The van der Waals surface area contributed by atoms with Crippen molar-refractivity contribution in [1.29, 1.82) is 0 Å². The van der Waals surface area contributed by atoms with Crippen molar-refractivity contribution in [1.82, 2.24) is 0 Å². The fraction of sp³-hybridized carbons (Fsp3) is 0.625. The maximum Gasteiger partial charge on any atom is 0.126 e. The van der Waals surface area contributed by atoms with Crippen molar-refractivity contribution < 1.29 is 9.50 Å². The molecule has 0 aliphatic rings. The van der Waals surface area contributed by atoms with Gasteiger partial charge < -0.3 is 5.11 Å². The summed E-state index contributed by atoms with van der Waals surface area (Å²) in [7, 11) is 0. The standard InChI is InChI=1S/C16H24BrFO/c1-2-3-4-5-6-7-8-15(19)12-13-11-14(17)9-10-16(13)18/h9-11,15,19H,2-8,12H2,1H3. The lowest BCUT2D eigenvalue weighted by atomic mass is 10.0. The third kappa shape index (κ3) is 7.07. The van der Waals surface area contributed by atoms with E-state index in [1.165, 1.54) is 31.7 Å². The summed E-state index contributed by atoms with van der Waals surface area (Å²) in [6.07, 6.45) is 8.00. The molecule has 3 heteroatoms. The highest BCUT2D eigenvalue weighted by Crippen LogP contribution is 2.18. The Morgan fingerprint density at radius 2 is 1.84 bits per heavy atom. The maximum atomic E-state index is 13.5. The molecule has 0 saturated carbocycles. The third-order valence-electron chi connectivity index (χ3n) is 3.35. The molecule has 0 fully saturated rings. The van der Waals surface area contributed by atoms with Gasteiger partial charge in [0.2, 0.25) is 0 Å². The second-order valence-electron chi connectivity index (χ2n) is 5.15. The zero-order chi connectivity index (χ0) is 14.1. The molecule has 19 heavy (non-hydrogen) atoms. The van der Waals surface area contributed by atoms with Crippen molar-refractivity contribution >= 4 is 15.9 Å². The molecule has 1 rings (SSSR count). The van der Waals surface area contributed by atoms with Crippen LogP contribution in [0, 0.1) is 5.82 Å². The largest absolute Gasteiger partial charge is 0.393 e. The zero-order valence-corrected chi connectivity index (χ0v) is 13.3. The summed E-state index contributed by atoms with van der Waals surface area (Å²) in [5, 5.41) is 9.94. The van der Waals surface area contributed by atoms with Gasteiger partial charge >= 0.3 is 0 Å². The molecular weight excluding hydrogens is 307 g/mol. The molecule has 108 valence electrons. The Kier molecular flexibility index (Phi) is 8.31. The molecule has 1 aromatic carbocycles. The smallest absolute Gasteiger partial charge is 0.126 e. The number of halogens is 2. The first-order valence-electron chi connectivity index (χ1n) is 7.25. The predicted octanol–water partition coefficient (Wildman–Crippen LogP) is 5.24. The molecule has 0 heterocycles. The van der Waals surface area contributed by atoms with E-state index in [-0.39, 0.29) is 5.82 Å². The molecule has 0 aromatic heterocycles. The molecule has 1 nitrogen and oxygen atoms in total. The lowest BCUT2D eigenvalue weighted by molar-refractivity contribution is 0.159. The molecule has 0 bridgehead atoms. The van der Waals surface area contributed by atoms with E-state index < -0.39 is 6.10 Å². The first-order valence-corrected chi connectivity index (χ1v) is 8.04. The van der Waals surface area contributed by atoms with Crippen LogP contribution in [0.3, 0.4) is 0 Å². The number of aliphatic hydroxyl groups excluding tert-OH is 1. The van der Waals surface area contributed by atoms with E-state index in [1.807, 2.05) is 0 Å². The van der Waals surface area contributed by atoms with Gasteiger partial charge in [0.25, 0.3) is 0 Å². The summed E-state index contributed by atoms with van der Waals surface area (Å²) >= 11 is 3.33. The molecule has 1 unspecified atom stereocenters. The van der Waals surface area contributed by atoms with E-state index in [0.29, 0.717) is 12.0 Å². The van der Waals surface area contributed by atoms with Gasteiger partial charge in [0, 0.05) is 10.9 Å². The summed E-state index contributed by atoms with van der Waals surface area (Å²) in [5.41, 5.74) is 0.591. The highest BCUT2D eigenvalue weighted by Gasteiger charge is 2.09. The zero-order valence-electron chi connectivity index (χ0n) is 11.7. The molecule has 1 aromatic rings. The van der Waals surface area contributed by atoms with E-state index in [4.69, 9.17) is 0 Å². The molecular formula is C16H24BrFO. The van der Waals surface area contributed by atoms with Crippen LogP contribution in [0.5, 0.6) is 0 Å². The van der Waals surface area contributed by atoms with Gasteiger partial charge in [0.1, 0.15) is 5.82 Å². The van der Waals surface area contributed by atoms with E-state index >= 15 is 0 Å². The average molecular weight is 331 g/mol. The van der Waals surface area contributed by atoms with Crippen LogP contribution in [0.4, 0.5) is 4.39 Å². The Bertz CT molecular complexity index is 368. The molecule has 0 aliphatic heterocycles. The van der Waals surface area contributed by atoms with Gasteiger partial charge in [-0.15, -0.1) is 0 Å². The normalized spacial score (nSPS) is 12.6. The summed E-state index contributed by atoms with van der Waals surface area (Å²) in [5.74, 6) is -0.231. The number of aliphatic hydroxyl groups is 1. The minimum Gasteiger partial charge on any atom is -0.393 e. The summed E-state index contributed by atoms with van der Waals surface area (Å²) in [4.78, 5) is 0. The average Bonchev–Trinajstić information content (AvgIpc) is 2.38. The molecule has 0 aliphatic carbocycles. The van der Waals surface area contributed by atoms with Crippen LogP contribution in [-0.4, -0.2) is 11.2 Å². The maximum absolute atomic E-state index is 13.5. The predicted molar refractivity (Wildman–Crippen MR) is 81.8 cm³/mol. The second kappa shape index (κ2) is 9.49. The van der Waals surface area contributed by atoms with E-state index in [2.05, 4.69) is 22.9 Å². The van der Waals surface area contributed by atoms with Crippen LogP contribution in [0.2, 0.25) is 0 Å². The minimum atomic E-state index is -0.435. The van der Waals surface area contributed by atoms with Gasteiger partial charge in [0.15, 0.2) is 0 Å². The van der Waals surface area contributed by atoms with Gasteiger partial charge in [-0.05, 0) is 30.2 Å². The van der Waals surface area contributed by atoms with Crippen LogP contribution >= 0.6 is 15.9 Å². The van der Waals surface area contributed by atoms with Gasteiger partial charge in [0.05, 0.1) is 6.10 Å². The van der Waals surface area contributed by atoms with Crippen molar-refractivity contribution in [3.63, 3.8) is 0 Å². The van der Waals surface area contributed by atoms with Crippen LogP contribution in [0.25, 0.3) is 0 Å². The van der Waals surface area contributed by atoms with Crippen LogP contribution < -0.4 is 0 Å². The molecule has 0 radical (unpaired) electrons. The molecule has 1 atom stereocenters. The van der Waals surface area contributed by atoms with E-state index in [0.717, 1.165) is 23.7 Å². The Labute approximate surface area is 124 Å². The first-order chi connectivity index (χ1) is 9.13. The minimum absolute atomic E-state index is 0.231. The number of hydrogen-bond donors (Lipinski definition) is 1. The summed E-state index contributed by atoms with van der Waals surface area (Å²) < 4.78 is 14.4. The van der Waals surface area contributed by atoms with Gasteiger partial charge in [-0.3, -0.25) is 0 Å². The summed E-state index contributed by atoms with van der Waals surface area (Å²) in [6, 6.07) is 4.87. The lowest BCUT2D eigenvalue weighted by Crippen LogP contribution is -2.11. The summed E-state index contributed by atoms with van der Waals surface area (Å²) in [6.45, 7) is 2.20. The molecule has 0 amide bonds. The number of unbranched alkanes of at least 4 members (excludes halogenated alkanes) is 5. The number of benzene rings is 1.